The van der Waals surface area contributed by atoms with Crippen molar-refractivity contribution in [2.24, 2.45) is 0 Å². The van der Waals surface area contributed by atoms with Gasteiger partial charge in [0.05, 0.1) is 18.3 Å². The maximum atomic E-state index is 8.57. The molecule has 0 spiro atoms. The molecule has 0 unspecified atom stereocenters. The van der Waals surface area contributed by atoms with Crippen LogP contribution >= 0.6 is 0 Å². The van der Waals surface area contributed by atoms with Gasteiger partial charge in [-0.1, -0.05) is 0 Å². The van der Waals surface area contributed by atoms with Crippen LogP contribution in [0.25, 0.3) is 0 Å². The van der Waals surface area contributed by atoms with Crippen LogP contribution in [0.2, 0.25) is 0 Å². The van der Waals surface area contributed by atoms with Crippen LogP contribution in [0.1, 0.15) is 27.7 Å². The van der Waals surface area contributed by atoms with Gasteiger partial charge in [0.1, 0.15) is 0 Å². The van der Waals surface area contributed by atoms with E-state index >= 15 is 0 Å². The molecule has 0 aliphatic heterocycles. The summed E-state index contributed by atoms with van der Waals surface area (Å²) in [7, 11) is 0. The van der Waals surface area contributed by atoms with Crippen molar-refractivity contribution in [3.05, 3.63) is 0 Å². The van der Waals surface area contributed by atoms with Gasteiger partial charge < -0.3 is 9.84 Å². The van der Waals surface area contributed by atoms with E-state index in [0.29, 0.717) is 0 Å². The van der Waals surface area contributed by atoms with Gasteiger partial charge in [-0.3, -0.25) is 0 Å². The number of hydrogen-bond acceptors (Lipinski definition) is 2. The standard InChI is InChI=1S/C7H16O2/c1-6(5-8)9-7(2,3)4/h6,8H,5H2,1-4H3/t6-/m0/s1. The normalized spacial score (nSPS) is 15.7. The Balaban J connectivity index is 3.47. The van der Waals surface area contributed by atoms with Crippen LogP contribution in [0.3, 0.4) is 0 Å². The minimum atomic E-state index is -0.137. The van der Waals surface area contributed by atoms with Crippen LogP contribution < -0.4 is 0 Å². The third kappa shape index (κ3) is 5.80. The molecular weight excluding hydrogens is 116 g/mol. The lowest BCUT2D eigenvalue weighted by Gasteiger charge is -2.23. The van der Waals surface area contributed by atoms with Crippen molar-refractivity contribution < 1.29 is 9.84 Å². The van der Waals surface area contributed by atoms with Crippen molar-refractivity contribution >= 4 is 0 Å². The highest BCUT2D eigenvalue weighted by atomic mass is 16.5. The highest BCUT2D eigenvalue weighted by Crippen LogP contribution is 2.09. The first-order chi connectivity index (χ1) is 3.95. The van der Waals surface area contributed by atoms with Crippen molar-refractivity contribution in [3.8, 4) is 0 Å². The lowest BCUT2D eigenvalue weighted by Crippen LogP contribution is -2.27. The molecule has 2 heteroatoms. The van der Waals surface area contributed by atoms with Gasteiger partial charge in [-0.2, -0.15) is 0 Å². The largest absolute Gasteiger partial charge is 0.394 e. The second kappa shape index (κ2) is 3.18. The SMILES string of the molecule is C[C@@H](CO)OC(C)(C)C. The Hall–Kier alpha value is -0.0800. The Kier molecular flexibility index (Phi) is 3.15. The third-order valence-corrected chi connectivity index (χ3v) is 0.812. The maximum absolute atomic E-state index is 8.57. The molecule has 56 valence electrons. The first kappa shape index (κ1) is 8.92. The minimum absolute atomic E-state index is 0.0509. The summed E-state index contributed by atoms with van der Waals surface area (Å²) in [5.41, 5.74) is -0.137. The van der Waals surface area contributed by atoms with Gasteiger partial charge in [-0.25, -0.2) is 0 Å². The minimum Gasteiger partial charge on any atom is -0.394 e. The van der Waals surface area contributed by atoms with E-state index in [1.165, 1.54) is 0 Å². The van der Waals surface area contributed by atoms with Crippen LogP contribution in [0, 0.1) is 0 Å². The zero-order valence-electron chi connectivity index (χ0n) is 6.64. The molecule has 0 saturated heterocycles. The van der Waals surface area contributed by atoms with Crippen molar-refractivity contribution in [2.75, 3.05) is 6.61 Å². The number of aliphatic hydroxyl groups is 1. The van der Waals surface area contributed by atoms with Crippen LogP contribution in [-0.4, -0.2) is 23.4 Å². The van der Waals surface area contributed by atoms with E-state index in [-0.39, 0.29) is 18.3 Å². The summed E-state index contributed by atoms with van der Waals surface area (Å²) in [6.07, 6.45) is -0.0509. The van der Waals surface area contributed by atoms with Crippen molar-refractivity contribution in [3.63, 3.8) is 0 Å². The average molecular weight is 132 g/mol. The molecule has 0 aliphatic rings. The van der Waals surface area contributed by atoms with Crippen molar-refractivity contribution in [2.45, 2.75) is 39.4 Å². The van der Waals surface area contributed by atoms with Gasteiger partial charge in [-0.15, -0.1) is 0 Å². The number of ether oxygens (including phenoxy) is 1. The summed E-state index contributed by atoms with van der Waals surface area (Å²) < 4.78 is 5.34. The van der Waals surface area contributed by atoms with E-state index in [2.05, 4.69) is 0 Å². The number of rotatable bonds is 2. The molecule has 0 saturated carbocycles. The summed E-state index contributed by atoms with van der Waals surface area (Å²) in [5.74, 6) is 0. The molecule has 1 N–H and O–H groups in total. The van der Waals surface area contributed by atoms with Gasteiger partial charge in [0.2, 0.25) is 0 Å². The molecule has 0 aromatic heterocycles. The second-order valence-corrected chi connectivity index (χ2v) is 3.22. The van der Waals surface area contributed by atoms with Crippen LogP contribution in [0.5, 0.6) is 0 Å². The molecular formula is C7H16O2. The zero-order chi connectivity index (χ0) is 7.49. The third-order valence-electron chi connectivity index (χ3n) is 0.812. The molecule has 0 fully saturated rings. The number of aliphatic hydroxyl groups excluding tert-OH is 1. The van der Waals surface area contributed by atoms with Gasteiger partial charge in [0.15, 0.2) is 0 Å². The molecule has 0 heterocycles. The number of hydrogen-bond donors (Lipinski definition) is 1. The predicted molar refractivity (Wildman–Crippen MR) is 37.4 cm³/mol. The highest BCUT2D eigenvalue weighted by Gasteiger charge is 2.13. The van der Waals surface area contributed by atoms with Gasteiger partial charge in [0, 0.05) is 0 Å². The molecule has 2 nitrogen and oxygen atoms in total. The lowest BCUT2D eigenvalue weighted by atomic mass is 10.2. The fourth-order valence-electron chi connectivity index (χ4n) is 0.641. The average Bonchev–Trinajstić information content (AvgIpc) is 1.62. The molecule has 0 aliphatic carbocycles. The first-order valence-electron chi connectivity index (χ1n) is 3.24. The Morgan fingerprint density at radius 1 is 1.44 bits per heavy atom. The summed E-state index contributed by atoms with van der Waals surface area (Å²) in [6, 6.07) is 0. The Bertz CT molecular complexity index is 73.5. The van der Waals surface area contributed by atoms with E-state index < -0.39 is 0 Å². The Morgan fingerprint density at radius 2 is 1.89 bits per heavy atom. The van der Waals surface area contributed by atoms with E-state index in [4.69, 9.17) is 9.84 Å². The van der Waals surface area contributed by atoms with Crippen LogP contribution in [0.15, 0.2) is 0 Å². The predicted octanol–water partition coefficient (Wildman–Crippen LogP) is 1.18. The van der Waals surface area contributed by atoms with E-state index in [1.807, 2.05) is 27.7 Å². The van der Waals surface area contributed by atoms with Crippen LogP contribution in [-0.2, 0) is 4.74 Å². The highest BCUT2D eigenvalue weighted by molar-refractivity contribution is 4.61. The fraction of sp³-hybridized carbons (Fsp3) is 1.00. The van der Waals surface area contributed by atoms with Gasteiger partial charge in [0.25, 0.3) is 0 Å². The van der Waals surface area contributed by atoms with Crippen LogP contribution in [0.4, 0.5) is 0 Å². The summed E-state index contributed by atoms with van der Waals surface area (Å²) in [4.78, 5) is 0. The Labute approximate surface area is 56.8 Å². The monoisotopic (exact) mass is 132 g/mol. The molecule has 0 aromatic rings. The van der Waals surface area contributed by atoms with Crippen molar-refractivity contribution in [1.82, 2.24) is 0 Å². The second-order valence-electron chi connectivity index (χ2n) is 3.22. The smallest absolute Gasteiger partial charge is 0.0784 e. The summed E-state index contributed by atoms with van der Waals surface area (Å²) in [5, 5.41) is 8.57. The maximum Gasteiger partial charge on any atom is 0.0784 e. The summed E-state index contributed by atoms with van der Waals surface area (Å²) in [6.45, 7) is 7.86. The topological polar surface area (TPSA) is 29.5 Å². The molecule has 0 amide bonds. The van der Waals surface area contributed by atoms with E-state index in [1.54, 1.807) is 0 Å². The van der Waals surface area contributed by atoms with E-state index in [9.17, 15) is 0 Å². The summed E-state index contributed by atoms with van der Waals surface area (Å²) >= 11 is 0. The Morgan fingerprint density at radius 3 is 2.00 bits per heavy atom. The lowest BCUT2D eigenvalue weighted by molar-refractivity contribution is -0.0709. The first-order valence-corrected chi connectivity index (χ1v) is 3.24. The molecule has 0 rings (SSSR count). The zero-order valence-corrected chi connectivity index (χ0v) is 6.64. The molecule has 0 bridgehead atoms. The molecule has 0 aromatic carbocycles. The van der Waals surface area contributed by atoms with Gasteiger partial charge in [-0.05, 0) is 27.7 Å². The fourth-order valence-corrected chi connectivity index (χ4v) is 0.641. The van der Waals surface area contributed by atoms with Gasteiger partial charge >= 0.3 is 0 Å². The van der Waals surface area contributed by atoms with Crippen molar-refractivity contribution in [1.29, 1.82) is 0 Å². The van der Waals surface area contributed by atoms with E-state index in [0.717, 1.165) is 0 Å². The molecule has 0 radical (unpaired) electrons. The molecule has 9 heavy (non-hydrogen) atoms. The molecule has 1 atom stereocenters. The quantitative estimate of drug-likeness (QED) is 0.611.